The Balaban J connectivity index is 2.02. The monoisotopic (exact) mass is 253 g/mol. The zero-order chi connectivity index (χ0) is 13.1. The van der Waals surface area contributed by atoms with Gasteiger partial charge in [0, 0.05) is 19.3 Å². The average Bonchev–Trinajstić information content (AvgIpc) is 2.71. The van der Waals surface area contributed by atoms with E-state index in [1.54, 1.807) is 4.90 Å². The molecule has 0 saturated carbocycles. The number of morpholine rings is 1. The van der Waals surface area contributed by atoms with Gasteiger partial charge in [-0.1, -0.05) is 0 Å². The first-order valence-corrected chi connectivity index (χ1v) is 5.56. The van der Waals surface area contributed by atoms with Crippen LogP contribution in [0.5, 0.6) is 0 Å². The maximum atomic E-state index is 11.9. The highest BCUT2D eigenvalue weighted by molar-refractivity contribution is 5.95. The Kier molecular flexibility index (Phi) is 3.47. The Hall–Kier alpha value is -2.09. The van der Waals surface area contributed by atoms with Crippen molar-refractivity contribution in [3.05, 3.63) is 11.9 Å². The van der Waals surface area contributed by atoms with E-state index in [4.69, 9.17) is 16.2 Å². The summed E-state index contributed by atoms with van der Waals surface area (Å²) >= 11 is 0. The number of carbonyl (C=O) groups is 2. The minimum atomic E-state index is -0.704. The lowest BCUT2D eigenvalue weighted by atomic mass is 10.4. The molecule has 1 aliphatic heterocycles. The summed E-state index contributed by atoms with van der Waals surface area (Å²) in [5, 5.41) is 3.88. The molecule has 0 bridgehead atoms. The van der Waals surface area contributed by atoms with Gasteiger partial charge in [0.15, 0.2) is 5.69 Å². The lowest BCUT2D eigenvalue weighted by Gasteiger charge is -2.26. The molecule has 1 saturated heterocycles. The van der Waals surface area contributed by atoms with Crippen LogP contribution >= 0.6 is 0 Å². The molecule has 0 atom stereocenters. The maximum Gasteiger partial charge on any atom is 0.271 e. The first-order valence-electron chi connectivity index (χ1n) is 5.56. The number of aromatic nitrogens is 2. The van der Waals surface area contributed by atoms with Gasteiger partial charge in [-0.05, 0) is 0 Å². The summed E-state index contributed by atoms with van der Waals surface area (Å²) in [6.45, 7) is 2.26. The SMILES string of the molecule is NC(=O)c1nn(CC(=O)N2CCOCC2)cc1N. The van der Waals surface area contributed by atoms with Gasteiger partial charge in [-0.3, -0.25) is 14.3 Å². The van der Waals surface area contributed by atoms with Crippen LogP contribution in [0.15, 0.2) is 6.20 Å². The van der Waals surface area contributed by atoms with Crippen molar-refractivity contribution in [3.63, 3.8) is 0 Å². The van der Waals surface area contributed by atoms with Crippen molar-refractivity contribution in [3.8, 4) is 0 Å². The minimum Gasteiger partial charge on any atom is -0.396 e. The second-order valence-electron chi connectivity index (χ2n) is 3.99. The van der Waals surface area contributed by atoms with Crippen molar-refractivity contribution in [2.24, 2.45) is 5.73 Å². The number of nitrogen functional groups attached to an aromatic ring is 1. The fourth-order valence-electron chi connectivity index (χ4n) is 1.76. The molecule has 0 aliphatic carbocycles. The zero-order valence-electron chi connectivity index (χ0n) is 9.83. The third-order valence-electron chi connectivity index (χ3n) is 2.68. The smallest absolute Gasteiger partial charge is 0.271 e. The van der Waals surface area contributed by atoms with Crippen molar-refractivity contribution in [2.45, 2.75) is 6.54 Å². The first-order chi connectivity index (χ1) is 8.58. The molecule has 18 heavy (non-hydrogen) atoms. The van der Waals surface area contributed by atoms with Gasteiger partial charge in [0.25, 0.3) is 5.91 Å². The summed E-state index contributed by atoms with van der Waals surface area (Å²) in [4.78, 5) is 24.6. The molecule has 4 N–H and O–H groups in total. The molecule has 2 amide bonds. The van der Waals surface area contributed by atoms with E-state index in [-0.39, 0.29) is 23.8 Å². The number of ether oxygens (including phenoxy) is 1. The van der Waals surface area contributed by atoms with Gasteiger partial charge < -0.3 is 21.1 Å². The number of hydrogen-bond acceptors (Lipinski definition) is 5. The highest BCUT2D eigenvalue weighted by atomic mass is 16.5. The van der Waals surface area contributed by atoms with Crippen molar-refractivity contribution in [2.75, 3.05) is 32.0 Å². The predicted molar refractivity (Wildman–Crippen MR) is 62.6 cm³/mol. The second-order valence-corrected chi connectivity index (χ2v) is 3.99. The molecular weight excluding hydrogens is 238 g/mol. The molecule has 2 heterocycles. The topological polar surface area (TPSA) is 116 Å². The lowest BCUT2D eigenvalue weighted by Crippen LogP contribution is -2.42. The number of amides is 2. The van der Waals surface area contributed by atoms with Gasteiger partial charge in [0.1, 0.15) is 6.54 Å². The molecule has 1 fully saturated rings. The third-order valence-corrected chi connectivity index (χ3v) is 2.68. The van der Waals surface area contributed by atoms with Gasteiger partial charge in [0.2, 0.25) is 5.91 Å². The van der Waals surface area contributed by atoms with E-state index in [1.807, 2.05) is 0 Å². The van der Waals surface area contributed by atoms with E-state index in [2.05, 4.69) is 5.10 Å². The van der Waals surface area contributed by atoms with Crippen LogP contribution in [0.25, 0.3) is 0 Å². The number of hydrogen-bond donors (Lipinski definition) is 2. The fraction of sp³-hybridized carbons (Fsp3) is 0.500. The summed E-state index contributed by atoms with van der Waals surface area (Å²) in [6, 6.07) is 0. The maximum absolute atomic E-state index is 11.9. The van der Waals surface area contributed by atoms with Crippen LogP contribution in [0.2, 0.25) is 0 Å². The molecule has 0 radical (unpaired) electrons. The zero-order valence-corrected chi connectivity index (χ0v) is 9.83. The van der Waals surface area contributed by atoms with Crippen LogP contribution in [-0.4, -0.2) is 52.8 Å². The van der Waals surface area contributed by atoms with E-state index in [0.717, 1.165) is 0 Å². The van der Waals surface area contributed by atoms with E-state index in [9.17, 15) is 9.59 Å². The van der Waals surface area contributed by atoms with E-state index in [0.29, 0.717) is 26.3 Å². The Morgan fingerprint density at radius 3 is 2.61 bits per heavy atom. The van der Waals surface area contributed by atoms with Gasteiger partial charge in [0.05, 0.1) is 18.9 Å². The van der Waals surface area contributed by atoms with E-state index in [1.165, 1.54) is 10.9 Å². The molecule has 98 valence electrons. The number of nitrogens with two attached hydrogens (primary N) is 2. The third kappa shape index (κ3) is 2.59. The predicted octanol–water partition coefficient (Wildman–Crippen LogP) is -1.58. The number of carbonyl (C=O) groups excluding carboxylic acids is 2. The average molecular weight is 253 g/mol. The largest absolute Gasteiger partial charge is 0.396 e. The molecular formula is C10H15N5O3. The molecule has 2 rings (SSSR count). The van der Waals surface area contributed by atoms with Crippen LogP contribution in [0.3, 0.4) is 0 Å². The highest BCUT2D eigenvalue weighted by Crippen LogP contribution is 2.08. The summed E-state index contributed by atoms with van der Waals surface area (Å²) in [7, 11) is 0. The van der Waals surface area contributed by atoms with E-state index < -0.39 is 5.91 Å². The number of primary amides is 1. The Morgan fingerprint density at radius 1 is 1.39 bits per heavy atom. The summed E-state index contributed by atoms with van der Waals surface area (Å²) in [6.07, 6.45) is 1.43. The molecule has 0 unspecified atom stereocenters. The van der Waals surface area contributed by atoms with Crippen LogP contribution in [0.1, 0.15) is 10.5 Å². The summed E-state index contributed by atoms with van der Waals surface area (Å²) in [5.41, 5.74) is 10.8. The van der Waals surface area contributed by atoms with Crippen molar-refractivity contribution in [1.29, 1.82) is 0 Å². The standard InChI is InChI=1S/C10H15N5O3/c11-7-5-15(13-9(7)10(12)17)6-8(16)14-1-3-18-4-2-14/h5H,1-4,6,11H2,(H2,12,17). The number of nitrogens with zero attached hydrogens (tertiary/aromatic N) is 3. The molecule has 1 aromatic rings. The molecule has 1 aromatic heterocycles. The minimum absolute atomic E-state index is 0.00947. The summed E-state index contributed by atoms with van der Waals surface area (Å²) < 4.78 is 6.48. The molecule has 0 aromatic carbocycles. The lowest BCUT2D eigenvalue weighted by molar-refractivity contribution is -0.136. The Labute approximate surface area is 103 Å². The van der Waals surface area contributed by atoms with Crippen LogP contribution in [-0.2, 0) is 16.1 Å². The van der Waals surface area contributed by atoms with Crippen molar-refractivity contribution in [1.82, 2.24) is 14.7 Å². The fourth-order valence-corrected chi connectivity index (χ4v) is 1.76. The number of rotatable bonds is 3. The van der Waals surface area contributed by atoms with Gasteiger partial charge in [-0.25, -0.2) is 0 Å². The molecule has 0 spiro atoms. The van der Waals surface area contributed by atoms with Crippen LogP contribution < -0.4 is 11.5 Å². The van der Waals surface area contributed by atoms with Crippen molar-refractivity contribution < 1.29 is 14.3 Å². The molecule has 8 heteroatoms. The second kappa shape index (κ2) is 5.05. The van der Waals surface area contributed by atoms with Gasteiger partial charge in [-0.15, -0.1) is 0 Å². The Morgan fingerprint density at radius 2 is 2.06 bits per heavy atom. The summed E-state index contributed by atoms with van der Waals surface area (Å²) in [5.74, 6) is -0.790. The van der Waals surface area contributed by atoms with Crippen LogP contribution in [0.4, 0.5) is 5.69 Å². The van der Waals surface area contributed by atoms with Gasteiger partial charge in [-0.2, -0.15) is 5.10 Å². The number of anilines is 1. The highest BCUT2D eigenvalue weighted by Gasteiger charge is 2.19. The molecule has 8 nitrogen and oxygen atoms in total. The molecule has 1 aliphatic rings. The van der Waals surface area contributed by atoms with E-state index >= 15 is 0 Å². The first kappa shape index (κ1) is 12.4. The van der Waals surface area contributed by atoms with Crippen molar-refractivity contribution >= 4 is 17.5 Å². The normalized spacial score (nSPS) is 15.7. The Bertz CT molecular complexity index is 464. The van der Waals surface area contributed by atoms with Crippen LogP contribution in [0, 0.1) is 0 Å². The quantitative estimate of drug-likeness (QED) is 0.674. The van der Waals surface area contributed by atoms with Gasteiger partial charge >= 0.3 is 0 Å².